The van der Waals surface area contributed by atoms with E-state index in [2.05, 4.69) is 25.1 Å². The smallest absolute Gasteiger partial charge is 0.350 e. The Balaban J connectivity index is 2.07. The second-order valence-corrected chi connectivity index (χ2v) is 7.68. The molecule has 134 valence electrons. The van der Waals surface area contributed by atoms with Crippen LogP contribution in [0.15, 0.2) is 24.3 Å². The lowest BCUT2D eigenvalue weighted by molar-refractivity contribution is 0.0533. The number of aryl methyl sites for hydroxylation is 2. The van der Waals surface area contributed by atoms with Gasteiger partial charge in [0.1, 0.15) is 9.71 Å². The van der Waals surface area contributed by atoms with Crippen LogP contribution in [0.5, 0.6) is 0 Å². The summed E-state index contributed by atoms with van der Waals surface area (Å²) in [6.07, 6.45) is 4.31. The number of pyridine rings is 1. The molecular formula is C21H22N2O2S. The van der Waals surface area contributed by atoms with Crippen molar-refractivity contribution in [2.75, 3.05) is 12.3 Å². The van der Waals surface area contributed by atoms with E-state index in [0.717, 1.165) is 47.2 Å². The Morgan fingerprint density at radius 3 is 2.81 bits per heavy atom. The fourth-order valence-corrected chi connectivity index (χ4v) is 4.82. The maximum absolute atomic E-state index is 12.4. The van der Waals surface area contributed by atoms with Crippen molar-refractivity contribution in [3.8, 4) is 11.1 Å². The third kappa shape index (κ3) is 2.67. The third-order valence-electron chi connectivity index (χ3n) is 5.03. The molecule has 3 aromatic rings. The minimum absolute atomic E-state index is 0.334. The average molecular weight is 366 g/mol. The normalized spacial score (nSPS) is 13.6. The van der Waals surface area contributed by atoms with E-state index < -0.39 is 0 Å². The fourth-order valence-electron chi connectivity index (χ4n) is 3.81. The van der Waals surface area contributed by atoms with Gasteiger partial charge in [-0.15, -0.1) is 11.3 Å². The number of hydrogen-bond donors (Lipinski definition) is 1. The first-order valence-electron chi connectivity index (χ1n) is 9.08. The number of nitrogen functional groups attached to an aromatic ring is 1. The van der Waals surface area contributed by atoms with Crippen LogP contribution in [-0.2, 0) is 17.6 Å². The second kappa shape index (κ2) is 6.72. The van der Waals surface area contributed by atoms with E-state index in [0.29, 0.717) is 17.2 Å². The molecule has 0 atom stereocenters. The summed E-state index contributed by atoms with van der Waals surface area (Å²) in [7, 11) is 0. The number of thiophene rings is 1. The average Bonchev–Trinajstić information content (AvgIpc) is 2.97. The van der Waals surface area contributed by atoms with Crippen LogP contribution in [0, 0.1) is 6.92 Å². The first kappa shape index (κ1) is 17.0. The van der Waals surface area contributed by atoms with Gasteiger partial charge < -0.3 is 10.5 Å². The van der Waals surface area contributed by atoms with E-state index in [1.807, 2.05) is 6.07 Å². The van der Waals surface area contributed by atoms with Crippen LogP contribution in [-0.4, -0.2) is 17.6 Å². The molecule has 2 heterocycles. The number of benzene rings is 1. The zero-order valence-electron chi connectivity index (χ0n) is 15.1. The SMILES string of the molecule is CCOC(=O)c1sc2nc3c(c(-c4ccccc4C)c2c1N)CCCC3. The highest BCUT2D eigenvalue weighted by molar-refractivity contribution is 7.21. The molecule has 1 aliphatic rings. The van der Waals surface area contributed by atoms with Gasteiger partial charge in [0.05, 0.1) is 12.3 Å². The molecule has 0 unspecified atom stereocenters. The van der Waals surface area contributed by atoms with Gasteiger partial charge in [-0.05, 0) is 61.8 Å². The van der Waals surface area contributed by atoms with Crippen molar-refractivity contribution >= 4 is 33.2 Å². The lowest BCUT2D eigenvalue weighted by Crippen LogP contribution is -2.08. The van der Waals surface area contributed by atoms with Gasteiger partial charge in [-0.1, -0.05) is 24.3 Å². The van der Waals surface area contributed by atoms with Crippen LogP contribution >= 0.6 is 11.3 Å². The van der Waals surface area contributed by atoms with Crippen LogP contribution in [0.1, 0.15) is 46.3 Å². The number of carbonyl (C=O) groups excluding carboxylic acids is 1. The Kier molecular flexibility index (Phi) is 4.41. The summed E-state index contributed by atoms with van der Waals surface area (Å²) in [5, 5.41) is 0.910. The van der Waals surface area contributed by atoms with Crippen LogP contribution in [0.2, 0.25) is 0 Å². The lowest BCUT2D eigenvalue weighted by atomic mass is 9.86. The van der Waals surface area contributed by atoms with Crippen LogP contribution in [0.4, 0.5) is 5.69 Å². The highest BCUT2D eigenvalue weighted by atomic mass is 32.1. The molecule has 5 heteroatoms. The Morgan fingerprint density at radius 2 is 2.04 bits per heavy atom. The van der Waals surface area contributed by atoms with Crippen molar-refractivity contribution in [3.05, 3.63) is 46.0 Å². The summed E-state index contributed by atoms with van der Waals surface area (Å²) in [4.78, 5) is 18.5. The molecule has 0 saturated carbocycles. The number of hydrogen-bond acceptors (Lipinski definition) is 5. The molecular weight excluding hydrogens is 344 g/mol. The van der Waals surface area contributed by atoms with Crippen molar-refractivity contribution in [3.63, 3.8) is 0 Å². The molecule has 0 bridgehead atoms. The molecule has 2 N–H and O–H groups in total. The Bertz CT molecular complexity index is 1010. The van der Waals surface area contributed by atoms with E-state index in [1.165, 1.54) is 28.0 Å². The zero-order chi connectivity index (χ0) is 18.3. The van der Waals surface area contributed by atoms with Gasteiger partial charge in [0.2, 0.25) is 0 Å². The van der Waals surface area contributed by atoms with Crippen molar-refractivity contribution < 1.29 is 9.53 Å². The predicted molar refractivity (Wildman–Crippen MR) is 107 cm³/mol. The molecule has 0 spiro atoms. The number of fused-ring (bicyclic) bond motifs is 2. The molecule has 4 rings (SSSR count). The summed E-state index contributed by atoms with van der Waals surface area (Å²) in [5.41, 5.74) is 12.9. The van der Waals surface area contributed by atoms with Crippen molar-refractivity contribution in [2.24, 2.45) is 0 Å². The summed E-state index contributed by atoms with van der Waals surface area (Å²) in [5.74, 6) is -0.360. The van der Waals surface area contributed by atoms with Crippen molar-refractivity contribution in [1.82, 2.24) is 4.98 Å². The molecule has 0 saturated heterocycles. The van der Waals surface area contributed by atoms with Gasteiger partial charge in [-0.3, -0.25) is 0 Å². The predicted octanol–water partition coefficient (Wildman–Crippen LogP) is 4.91. The summed E-state index contributed by atoms with van der Waals surface area (Å²) in [6, 6.07) is 8.36. The third-order valence-corrected chi connectivity index (χ3v) is 6.11. The molecule has 1 aromatic carbocycles. The minimum Gasteiger partial charge on any atom is -0.462 e. The Hall–Kier alpha value is -2.40. The van der Waals surface area contributed by atoms with Gasteiger partial charge in [0, 0.05) is 11.1 Å². The molecule has 2 aromatic heterocycles. The van der Waals surface area contributed by atoms with Gasteiger partial charge >= 0.3 is 5.97 Å². The van der Waals surface area contributed by atoms with Gasteiger partial charge in [0.15, 0.2) is 0 Å². The Labute approximate surface area is 157 Å². The Morgan fingerprint density at radius 1 is 1.27 bits per heavy atom. The number of esters is 1. The highest BCUT2D eigenvalue weighted by Gasteiger charge is 2.26. The largest absolute Gasteiger partial charge is 0.462 e. The number of carbonyl (C=O) groups is 1. The topological polar surface area (TPSA) is 65.2 Å². The number of aromatic nitrogens is 1. The highest BCUT2D eigenvalue weighted by Crippen LogP contribution is 2.44. The number of rotatable bonds is 3. The molecule has 26 heavy (non-hydrogen) atoms. The fraction of sp³-hybridized carbons (Fsp3) is 0.333. The van der Waals surface area contributed by atoms with Gasteiger partial charge in [0.25, 0.3) is 0 Å². The van der Waals surface area contributed by atoms with E-state index in [9.17, 15) is 4.79 Å². The molecule has 1 aliphatic carbocycles. The van der Waals surface area contributed by atoms with E-state index >= 15 is 0 Å². The summed E-state index contributed by atoms with van der Waals surface area (Å²) in [6.45, 7) is 4.25. The van der Waals surface area contributed by atoms with Crippen molar-refractivity contribution in [2.45, 2.75) is 39.5 Å². The van der Waals surface area contributed by atoms with Crippen LogP contribution < -0.4 is 5.73 Å². The van der Waals surface area contributed by atoms with Crippen molar-refractivity contribution in [1.29, 1.82) is 0 Å². The maximum Gasteiger partial charge on any atom is 0.350 e. The van der Waals surface area contributed by atoms with Gasteiger partial charge in [-0.25, -0.2) is 9.78 Å². The minimum atomic E-state index is -0.360. The molecule has 0 aliphatic heterocycles. The van der Waals surface area contributed by atoms with Crippen LogP contribution in [0.25, 0.3) is 21.3 Å². The first-order valence-corrected chi connectivity index (χ1v) is 9.90. The zero-order valence-corrected chi connectivity index (χ0v) is 15.9. The maximum atomic E-state index is 12.4. The summed E-state index contributed by atoms with van der Waals surface area (Å²) < 4.78 is 5.20. The molecule has 0 amide bonds. The van der Waals surface area contributed by atoms with E-state index in [-0.39, 0.29) is 5.97 Å². The van der Waals surface area contributed by atoms with Crippen LogP contribution in [0.3, 0.4) is 0 Å². The standard InChI is InChI=1S/C21H22N2O2S/c1-3-25-21(24)19-18(22)17-16(13-9-5-4-8-12(13)2)14-10-6-7-11-15(14)23-20(17)26-19/h4-5,8-9H,3,6-7,10-11,22H2,1-2H3. The molecule has 4 nitrogen and oxygen atoms in total. The van der Waals surface area contributed by atoms with Gasteiger partial charge in [-0.2, -0.15) is 0 Å². The first-order chi connectivity index (χ1) is 12.6. The molecule has 0 fully saturated rings. The van der Waals surface area contributed by atoms with E-state index in [4.69, 9.17) is 15.5 Å². The lowest BCUT2D eigenvalue weighted by Gasteiger charge is -2.21. The number of nitrogens with two attached hydrogens (primary N) is 1. The second-order valence-electron chi connectivity index (χ2n) is 6.68. The number of anilines is 1. The van der Waals surface area contributed by atoms with E-state index in [1.54, 1.807) is 6.92 Å². The number of ether oxygens (including phenoxy) is 1. The summed E-state index contributed by atoms with van der Waals surface area (Å²) >= 11 is 1.35. The monoisotopic (exact) mass is 366 g/mol. The number of nitrogens with zero attached hydrogens (tertiary/aromatic N) is 1. The molecule has 0 radical (unpaired) electrons. The quantitative estimate of drug-likeness (QED) is 0.669.